The van der Waals surface area contributed by atoms with Crippen LogP contribution in [-0.2, 0) is 14.8 Å². The summed E-state index contributed by atoms with van der Waals surface area (Å²) in [7, 11) is -3.63. The molecule has 0 aliphatic carbocycles. The summed E-state index contributed by atoms with van der Waals surface area (Å²) >= 11 is 0. The van der Waals surface area contributed by atoms with Crippen LogP contribution in [-0.4, -0.2) is 32.4 Å². The predicted octanol–water partition coefficient (Wildman–Crippen LogP) is 2.74. The molecule has 0 saturated heterocycles. The molecule has 1 aliphatic rings. The van der Waals surface area contributed by atoms with Crippen molar-refractivity contribution in [2.75, 3.05) is 10.6 Å². The summed E-state index contributed by atoms with van der Waals surface area (Å²) in [6, 6.07) is 10.4. The second-order valence-electron chi connectivity index (χ2n) is 6.87. The van der Waals surface area contributed by atoms with Crippen LogP contribution in [0.3, 0.4) is 0 Å². The van der Waals surface area contributed by atoms with E-state index in [-0.39, 0.29) is 16.8 Å². The van der Waals surface area contributed by atoms with Crippen LogP contribution in [0.25, 0.3) is 0 Å². The number of anilines is 2. The largest absolute Gasteiger partial charge is 0.479 e. The Bertz CT molecular complexity index is 1030. The summed E-state index contributed by atoms with van der Waals surface area (Å²) in [6.45, 7) is 5.32. The fourth-order valence-electron chi connectivity index (χ4n) is 2.69. The molecule has 29 heavy (non-hydrogen) atoms. The van der Waals surface area contributed by atoms with Crippen LogP contribution in [0.15, 0.2) is 47.4 Å². The first kappa shape index (κ1) is 20.8. The van der Waals surface area contributed by atoms with Gasteiger partial charge in [-0.3, -0.25) is 9.59 Å². The first-order valence-corrected chi connectivity index (χ1v) is 10.7. The molecule has 8 nitrogen and oxygen atoms in total. The Hall–Kier alpha value is -2.91. The number of benzene rings is 2. The van der Waals surface area contributed by atoms with E-state index < -0.39 is 22.0 Å². The van der Waals surface area contributed by atoms with Gasteiger partial charge in [0.1, 0.15) is 5.75 Å². The number of hydrogen-bond acceptors (Lipinski definition) is 5. The lowest BCUT2D eigenvalue weighted by atomic mass is 10.2. The monoisotopic (exact) mass is 417 g/mol. The fraction of sp³-hybridized carbons (Fsp3) is 0.300. The van der Waals surface area contributed by atoms with E-state index in [0.29, 0.717) is 29.1 Å². The van der Waals surface area contributed by atoms with Crippen LogP contribution in [0.2, 0.25) is 0 Å². The molecule has 9 heteroatoms. The van der Waals surface area contributed by atoms with E-state index in [1.54, 1.807) is 32.0 Å². The van der Waals surface area contributed by atoms with Crippen molar-refractivity contribution in [2.24, 2.45) is 0 Å². The Balaban J connectivity index is 1.72. The highest BCUT2D eigenvalue weighted by Crippen LogP contribution is 2.32. The van der Waals surface area contributed by atoms with Crippen molar-refractivity contribution in [3.05, 3.63) is 48.0 Å². The molecule has 0 radical (unpaired) electrons. The molecule has 3 N–H and O–H groups in total. The topological polar surface area (TPSA) is 114 Å². The van der Waals surface area contributed by atoms with Crippen LogP contribution in [0.1, 0.15) is 37.6 Å². The van der Waals surface area contributed by atoms with Crippen molar-refractivity contribution in [3.63, 3.8) is 0 Å². The zero-order chi connectivity index (χ0) is 21.2. The number of carbonyl (C=O) groups is 2. The van der Waals surface area contributed by atoms with Gasteiger partial charge in [0.2, 0.25) is 10.0 Å². The van der Waals surface area contributed by atoms with E-state index in [4.69, 9.17) is 4.74 Å². The van der Waals surface area contributed by atoms with Gasteiger partial charge in [-0.25, -0.2) is 13.1 Å². The van der Waals surface area contributed by atoms with Gasteiger partial charge in [0.25, 0.3) is 11.8 Å². The van der Waals surface area contributed by atoms with Gasteiger partial charge in [-0.15, -0.1) is 0 Å². The normalized spacial score (nSPS) is 16.9. The Morgan fingerprint density at radius 1 is 1.21 bits per heavy atom. The van der Waals surface area contributed by atoms with Crippen LogP contribution in [0.4, 0.5) is 11.4 Å². The summed E-state index contributed by atoms with van der Waals surface area (Å²) in [5, 5.41) is 5.44. The number of carbonyl (C=O) groups excluding carboxylic acids is 2. The van der Waals surface area contributed by atoms with Gasteiger partial charge in [0, 0.05) is 17.3 Å². The van der Waals surface area contributed by atoms with Crippen LogP contribution >= 0.6 is 0 Å². The fourth-order valence-corrected chi connectivity index (χ4v) is 4.02. The quantitative estimate of drug-likeness (QED) is 0.669. The third-order valence-electron chi connectivity index (χ3n) is 4.56. The number of fused-ring (bicyclic) bond motifs is 1. The highest BCUT2D eigenvalue weighted by molar-refractivity contribution is 7.89. The van der Waals surface area contributed by atoms with Gasteiger partial charge in [-0.2, -0.15) is 0 Å². The third-order valence-corrected chi connectivity index (χ3v) is 6.17. The molecule has 0 spiro atoms. The Kier molecular flexibility index (Phi) is 5.90. The molecule has 0 saturated carbocycles. The minimum Gasteiger partial charge on any atom is -0.479 e. The van der Waals surface area contributed by atoms with Crippen molar-refractivity contribution < 1.29 is 22.7 Å². The number of amides is 2. The van der Waals surface area contributed by atoms with E-state index in [2.05, 4.69) is 15.4 Å². The highest BCUT2D eigenvalue weighted by atomic mass is 32.2. The Morgan fingerprint density at radius 2 is 1.90 bits per heavy atom. The molecule has 2 amide bonds. The van der Waals surface area contributed by atoms with Gasteiger partial charge in [0.15, 0.2) is 6.10 Å². The molecule has 2 aromatic carbocycles. The summed E-state index contributed by atoms with van der Waals surface area (Å²) in [5.41, 5.74) is 1.25. The van der Waals surface area contributed by atoms with Gasteiger partial charge in [-0.1, -0.05) is 6.92 Å². The van der Waals surface area contributed by atoms with Crippen molar-refractivity contribution in [1.29, 1.82) is 0 Å². The Labute approximate surface area is 169 Å². The lowest BCUT2D eigenvalue weighted by Crippen LogP contribution is -2.34. The van der Waals surface area contributed by atoms with E-state index in [0.717, 1.165) is 0 Å². The van der Waals surface area contributed by atoms with Gasteiger partial charge in [-0.05, 0) is 62.7 Å². The van der Waals surface area contributed by atoms with E-state index in [1.807, 2.05) is 6.92 Å². The molecule has 1 heterocycles. The molecule has 3 rings (SSSR count). The molecule has 2 atom stereocenters. The molecule has 0 aromatic heterocycles. The molecule has 1 aliphatic heterocycles. The lowest BCUT2D eigenvalue weighted by molar-refractivity contribution is -0.122. The summed E-state index contributed by atoms with van der Waals surface area (Å²) in [4.78, 5) is 24.3. The SMILES string of the molecule is CC[C@H](C)NS(=O)(=O)c1ccc(C(=O)Nc2ccc3c(c2)NC(=O)[C@@H](C)O3)cc1. The second kappa shape index (κ2) is 8.22. The molecule has 0 fully saturated rings. The van der Waals surface area contributed by atoms with Crippen molar-refractivity contribution in [3.8, 4) is 5.75 Å². The highest BCUT2D eigenvalue weighted by Gasteiger charge is 2.24. The molecule has 0 bridgehead atoms. The van der Waals surface area contributed by atoms with E-state index in [9.17, 15) is 18.0 Å². The minimum atomic E-state index is -3.63. The standard InChI is InChI=1S/C20H23N3O5S/c1-4-12(2)23-29(26,27)16-8-5-14(6-9-16)20(25)21-15-7-10-18-17(11-15)22-19(24)13(3)28-18/h5-13,23H,4H2,1-3H3,(H,21,25)(H,22,24)/t12-,13+/m0/s1. The Morgan fingerprint density at radius 3 is 2.55 bits per heavy atom. The first-order valence-electron chi connectivity index (χ1n) is 9.25. The average molecular weight is 417 g/mol. The van der Waals surface area contributed by atoms with Crippen LogP contribution in [0.5, 0.6) is 5.75 Å². The van der Waals surface area contributed by atoms with Crippen molar-refractivity contribution in [1.82, 2.24) is 4.72 Å². The zero-order valence-corrected chi connectivity index (χ0v) is 17.2. The third kappa shape index (κ3) is 4.75. The predicted molar refractivity (Wildman–Crippen MR) is 110 cm³/mol. The van der Waals surface area contributed by atoms with Gasteiger partial charge >= 0.3 is 0 Å². The number of nitrogens with one attached hydrogen (secondary N) is 3. The number of hydrogen-bond donors (Lipinski definition) is 3. The first-order chi connectivity index (χ1) is 13.7. The van der Waals surface area contributed by atoms with Gasteiger partial charge in [0.05, 0.1) is 10.6 Å². The lowest BCUT2D eigenvalue weighted by Gasteiger charge is -2.23. The second-order valence-corrected chi connectivity index (χ2v) is 8.58. The van der Waals surface area contributed by atoms with E-state index >= 15 is 0 Å². The average Bonchev–Trinajstić information content (AvgIpc) is 2.68. The molecule has 154 valence electrons. The minimum absolute atomic E-state index is 0.0945. The maximum Gasteiger partial charge on any atom is 0.265 e. The summed E-state index contributed by atoms with van der Waals surface area (Å²) in [5.74, 6) is -0.137. The van der Waals surface area contributed by atoms with Crippen molar-refractivity contribution >= 4 is 33.2 Å². The molecular formula is C20H23N3O5S. The summed E-state index contributed by atoms with van der Waals surface area (Å²) in [6.07, 6.45) is 0.0952. The van der Waals surface area contributed by atoms with Crippen LogP contribution in [0, 0.1) is 0 Å². The maximum atomic E-state index is 12.5. The van der Waals surface area contributed by atoms with Crippen LogP contribution < -0.4 is 20.1 Å². The zero-order valence-electron chi connectivity index (χ0n) is 16.4. The van der Waals surface area contributed by atoms with E-state index in [1.165, 1.54) is 24.3 Å². The maximum absolute atomic E-state index is 12.5. The molecule has 2 aromatic rings. The number of rotatable bonds is 6. The number of ether oxygens (including phenoxy) is 1. The summed E-state index contributed by atoms with van der Waals surface area (Å²) < 4.78 is 32.7. The van der Waals surface area contributed by atoms with Gasteiger partial charge < -0.3 is 15.4 Å². The molecular weight excluding hydrogens is 394 g/mol. The number of sulfonamides is 1. The van der Waals surface area contributed by atoms with Crippen molar-refractivity contribution in [2.45, 2.75) is 44.2 Å². The smallest absolute Gasteiger partial charge is 0.265 e. The molecule has 0 unspecified atom stereocenters.